The van der Waals surface area contributed by atoms with E-state index in [0.29, 0.717) is 18.8 Å². The van der Waals surface area contributed by atoms with Crippen LogP contribution in [-0.2, 0) is 16.1 Å². The molecule has 0 aliphatic carbocycles. The molecule has 1 aromatic rings. The fourth-order valence-corrected chi connectivity index (χ4v) is 2.29. The van der Waals surface area contributed by atoms with Gasteiger partial charge in [0.2, 0.25) is 11.8 Å². The summed E-state index contributed by atoms with van der Waals surface area (Å²) in [4.78, 5) is 26.9. The summed E-state index contributed by atoms with van der Waals surface area (Å²) in [6.45, 7) is 3.17. The van der Waals surface area contributed by atoms with E-state index in [-0.39, 0.29) is 24.9 Å². The van der Waals surface area contributed by atoms with Gasteiger partial charge in [0, 0.05) is 23.2 Å². The van der Waals surface area contributed by atoms with Crippen molar-refractivity contribution in [3.05, 3.63) is 28.2 Å². The summed E-state index contributed by atoms with van der Waals surface area (Å²) in [5.74, 6) is -0.0323. The van der Waals surface area contributed by atoms with Gasteiger partial charge in [-0.15, -0.1) is 0 Å². The number of hydrogen-bond acceptors (Lipinski definition) is 3. The lowest BCUT2D eigenvalue weighted by molar-refractivity contribution is -0.150. The van der Waals surface area contributed by atoms with Crippen molar-refractivity contribution in [3.63, 3.8) is 0 Å². The molecule has 1 aliphatic rings. The van der Waals surface area contributed by atoms with Gasteiger partial charge in [-0.25, -0.2) is 0 Å². The van der Waals surface area contributed by atoms with Gasteiger partial charge in [-0.2, -0.15) is 0 Å². The third-order valence-corrected chi connectivity index (χ3v) is 3.90. The van der Waals surface area contributed by atoms with Crippen molar-refractivity contribution in [1.82, 2.24) is 9.80 Å². The van der Waals surface area contributed by atoms with Crippen LogP contribution in [0.2, 0.25) is 0 Å². The molecule has 0 spiro atoms. The number of piperazine rings is 1. The summed E-state index contributed by atoms with van der Waals surface area (Å²) in [7, 11) is 0. The molecule has 0 unspecified atom stereocenters. The van der Waals surface area contributed by atoms with Crippen molar-refractivity contribution in [1.29, 1.82) is 0 Å². The summed E-state index contributed by atoms with van der Waals surface area (Å²) in [5, 5.41) is 0. The zero-order chi connectivity index (χ0) is 14.0. The molecule has 1 aliphatic heterocycles. The van der Waals surface area contributed by atoms with Crippen LogP contribution in [0.3, 0.4) is 0 Å². The van der Waals surface area contributed by atoms with Crippen molar-refractivity contribution >= 4 is 33.4 Å². The van der Waals surface area contributed by atoms with Gasteiger partial charge in [-0.3, -0.25) is 9.59 Å². The van der Waals surface area contributed by atoms with Crippen LogP contribution in [0, 0.1) is 0 Å². The molecular weight excluding hydrogens is 310 g/mol. The van der Waals surface area contributed by atoms with Crippen LogP contribution in [0.25, 0.3) is 0 Å². The number of likely N-dealkylation sites (N-methyl/N-ethyl adjacent to an activating group) is 1. The first-order chi connectivity index (χ1) is 9.01. The molecule has 0 saturated carbocycles. The van der Waals surface area contributed by atoms with Gasteiger partial charge < -0.3 is 15.5 Å². The van der Waals surface area contributed by atoms with Crippen LogP contribution in [0.4, 0.5) is 5.69 Å². The summed E-state index contributed by atoms with van der Waals surface area (Å²) in [6.07, 6.45) is 0. The Morgan fingerprint density at radius 3 is 2.47 bits per heavy atom. The second kappa shape index (κ2) is 5.61. The highest BCUT2D eigenvalue weighted by Crippen LogP contribution is 2.21. The molecule has 1 heterocycles. The maximum atomic E-state index is 12.0. The lowest BCUT2D eigenvalue weighted by atomic mass is 10.1. The molecule has 19 heavy (non-hydrogen) atoms. The molecule has 0 bridgehead atoms. The highest BCUT2D eigenvalue weighted by Gasteiger charge is 2.28. The lowest BCUT2D eigenvalue weighted by Crippen LogP contribution is -2.53. The molecule has 1 saturated heterocycles. The van der Waals surface area contributed by atoms with Crippen molar-refractivity contribution in [2.45, 2.75) is 13.5 Å². The Labute approximate surface area is 120 Å². The van der Waals surface area contributed by atoms with Crippen molar-refractivity contribution in [3.8, 4) is 0 Å². The first-order valence-corrected chi connectivity index (χ1v) is 6.90. The fraction of sp³-hybridized carbons (Fsp3) is 0.385. The molecule has 1 aromatic carbocycles. The molecule has 2 N–H and O–H groups in total. The maximum absolute atomic E-state index is 12.0. The van der Waals surface area contributed by atoms with Gasteiger partial charge in [0.25, 0.3) is 0 Å². The third-order valence-electron chi connectivity index (χ3n) is 3.17. The Bertz CT molecular complexity index is 519. The number of hydrogen-bond donors (Lipinski definition) is 1. The number of nitrogens with two attached hydrogens (primary N) is 1. The van der Waals surface area contributed by atoms with Crippen LogP contribution < -0.4 is 5.73 Å². The molecule has 2 rings (SSSR count). The predicted octanol–water partition coefficient (Wildman–Crippen LogP) is 1.22. The van der Waals surface area contributed by atoms with E-state index in [1.54, 1.807) is 9.80 Å². The van der Waals surface area contributed by atoms with Crippen LogP contribution >= 0.6 is 15.9 Å². The van der Waals surface area contributed by atoms with E-state index in [1.165, 1.54) is 0 Å². The average molecular weight is 326 g/mol. The molecule has 2 amide bonds. The Morgan fingerprint density at radius 2 is 1.84 bits per heavy atom. The average Bonchev–Trinajstić information content (AvgIpc) is 2.38. The van der Waals surface area contributed by atoms with Crippen LogP contribution in [0.5, 0.6) is 0 Å². The Hall–Kier alpha value is -1.56. The second-order valence-electron chi connectivity index (χ2n) is 4.51. The molecule has 6 heteroatoms. The van der Waals surface area contributed by atoms with E-state index in [9.17, 15) is 9.59 Å². The zero-order valence-electron chi connectivity index (χ0n) is 10.7. The summed E-state index contributed by atoms with van der Waals surface area (Å²) >= 11 is 3.33. The molecule has 1 fully saturated rings. The van der Waals surface area contributed by atoms with Crippen molar-refractivity contribution < 1.29 is 9.59 Å². The number of carbonyl (C=O) groups is 2. The quantitative estimate of drug-likeness (QED) is 0.850. The largest absolute Gasteiger partial charge is 0.398 e. The monoisotopic (exact) mass is 325 g/mol. The van der Waals surface area contributed by atoms with Gasteiger partial charge in [0.15, 0.2) is 0 Å². The molecule has 0 atom stereocenters. The Morgan fingerprint density at radius 1 is 1.21 bits per heavy atom. The Kier molecular flexibility index (Phi) is 4.09. The topological polar surface area (TPSA) is 66.6 Å². The molecule has 5 nitrogen and oxygen atoms in total. The summed E-state index contributed by atoms with van der Waals surface area (Å²) < 4.78 is 0.828. The molecular formula is C13H16BrN3O2. The standard InChI is InChI=1S/C13H16BrN3O2/c1-2-16-7-13(19)17(8-12(16)18)6-9-3-4-10(14)11(15)5-9/h3-5H,2,6-8,15H2,1H3. The first-order valence-electron chi connectivity index (χ1n) is 6.10. The van der Waals surface area contributed by atoms with E-state index in [2.05, 4.69) is 15.9 Å². The van der Waals surface area contributed by atoms with Gasteiger partial charge in [-0.05, 0) is 40.5 Å². The number of rotatable bonds is 3. The van der Waals surface area contributed by atoms with Crippen molar-refractivity contribution in [2.75, 3.05) is 25.4 Å². The summed E-state index contributed by atoms with van der Waals surface area (Å²) in [5.41, 5.74) is 7.36. The number of amides is 2. The zero-order valence-corrected chi connectivity index (χ0v) is 12.3. The molecule has 0 aromatic heterocycles. The summed E-state index contributed by atoms with van der Waals surface area (Å²) in [6, 6.07) is 5.55. The number of nitrogen functional groups attached to an aromatic ring is 1. The fourth-order valence-electron chi connectivity index (χ4n) is 2.05. The highest BCUT2D eigenvalue weighted by atomic mass is 79.9. The SMILES string of the molecule is CCN1CC(=O)N(Cc2ccc(Br)c(N)c2)CC1=O. The van der Waals surface area contributed by atoms with Crippen LogP contribution in [0.1, 0.15) is 12.5 Å². The van der Waals surface area contributed by atoms with Crippen LogP contribution in [-0.4, -0.2) is 41.2 Å². The number of carbonyl (C=O) groups excluding carboxylic acids is 2. The van der Waals surface area contributed by atoms with E-state index in [1.807, 2.05) is 25.1 Å². The number of halogens is 1. The third kappa shape index (κ3) is 3.07. The Balaban J connectivity index is 2.08. The van der Waals surface area contributed by atoms with Crippen LogP contribution in [0.15, 0.2) is 22.7 Å². The minimum atomic E-state index is -0.0251. The van der Waals surface area contributed by atoms with E-state index in [0.717, 1.165) is 10.0 Å². The van der Waals surface area contributed by atoms with E-state index >= 15 is 0 Å². The van der Waals surface area contributed by atoms with Gasteiger partial charge in [-0.1, -0.05) is 6.07 Å². The number of anilines is 1. The van der Waals surface area contributed by atoms with Gasteiger partial charge in [0.1, 0.15) is 6.54 Å². The predicted molar refractivity (Wildman–Crippen MR) is 76.2 cm³/mol. The minimum Gasteiger partial charge on any atom is -0.398 e. The molecule has 0 radical (unpaired) electrons. The second-order valence-corrected chi connectivity index (χ2v) is 5.37. The molecule has 102 valence electrons. The van der Waals surface area contributed by atoms with Gasteiger partial charge >= 0.3 is 0 Å². The van der Waals surface area contributed by atoms with E-state index < -0.39 is 0 Å². The number of benzene rings is 1. The van der Waals surface area contributed by atoms with Crippen molar-refractivity contribution in [2.24, 2.45) is 0 Å². The normalized spacial score (nSPS) is 16.1. The number of nitrogens with zero attached hydrogens (tertiary/aromatic N) is 2. The maximum Gasteiger partial charge on any atom is 0.242 e. The van der Waals surface area contributed by atoms with Gasteiger partial charge in [0.05, 0.1) is 6.54 Å². The lowest BCUT2D eigenvalue weighted by Gasteiger charge is -2.33. The smallest absolute Gasteiger partial charge is 0.242 e. The van der Waals surface area contributed by atoms with E-state index in [4.69, 9.17) is 5.73 Å². The first kappa shape index (κ1) is 13.9. The minimum absolute atomic E-state index is 0.00724. The highest BCUT2D eigenvalue weighted by molar-refractivity contribution is 9.10.